The molecule has 0 aliphatic rings. The Hall–Kier alpha value is -0.200. The van der Waals surface area contributed by atoms with Crippen LogP contribution in [0, 0.1) is 0 Å². The van der Waals surface area contributed by atoms with Crippen molar-refractivity contribution in [2.45, 2.75) is 24.7 Å². The molecule has 0 bridgehead atoms. The Balaban J connectivity index is 3.91. The summed E-state index contributed by atoms with van der Waals surface area (Å²) in [6, 6.07) is 0. The van der Waals surface area contributed by atoms with Crippen LogP contribution < -0.4 is 0 Å². The lowest BCUT2D eigenvalue weighted by molar-refractivity contribution is -0.119. The number of hydrogen-bond acceptors (Lipinski definition) is 5. The van der Waals surface area contributed by atoms with Gasteiger partial charge in [0.1, 0.15) is 12.2 Å². The van der Waals surface area contributed by atoms with E-state index in [4.69, 9.17) is 32.0 Å². The van der Waals surface area contributed by atoms with E-state index < -0.39 is 36.6 Å². The third kappa shape index (κ3) is 3.99. The van der Waals surface area contributed by atoms with Crippen molar-refractivity contribution in [3.63, 3.8) is 0 Å². The van der Waals surface area contributed by atoms with Gasteiger partial charge in [0.15, 0.2) is 0 Å². The maximum atomic E-state index is 10.2. The average Bonchev–Trinajstić information content (AvgIpc) is 2.00. The zero-order valence-corrected chi connectivity index (χ0v) is 6.98. The van der Waals surface area contributed by atoms with Crippen LogP contribution in [-0.4, -0.2) is 50.6 Å². The zero-order valence-electron chi connectivity index (χ0n) is 6.22. The number of rotatable bonds is 5. The third-order valence-corrected chi connectivity index (χ3v) is 1.50. The molecule has 0 saturated carbocycles. The van der Waals surface area contributed by atoms with Crippen LogP contribution in [0.1, 0.15) is 6.42 Å². The van der Waals surface area contributed by atoms with E-state index in [0.717, 1.165) is 0 Å². The number of hydrogen-bond donors (Lipinski definition) is 4. The van der Waals surface area contributed by atoms with Gasteiger partial charge in [0, 0.05) is 0 Å². The van der Waals surface area contributed by atoms with Crippen molar-refractivity contribution in [2.75, 3.05) is 6.61 Å². The first kappa shape index (κ1) is 11.8. The van der Waals surface area contributed by atoms with Crippen molar-refractivity contribution >= 4 is 16.8 Å². The molecule has 4 N–H and O–H groups in total. The quantitative estimate of drug-likeness (QED) is 0.392. The molecule has 0 aromatic heterocycles. The largest absolute Gasteiger partial charge is 0.394 e. The fraction of sp³-hybridized carbons (Fsp3) is 0.833. The Morgan fingerprint density at radius 1 is 1.25 bits per heavy atom. The van der Waals surface area contributed by atoms with Gasteiger partial charge in [-0.25, -0.2) is 0 Å². The molecule has 6 heteroatoms. The lowest BCUT2D eigenvalue weighted by Crippen LogP contribution is -2.40. The smallest absolute Gasteiger partial charge is 0.224 e. The summed E-state index contributed by atoms with van der Waals surface area (Å²) in [5.41, 5.74) is 0. The highest BCUT2D eigenvalue weighted by molar-refractivity contribution is 6.63. The number of aliphatic hydroxyl groups excluding tert-OH is 4. The second-order valence-corrected chi connectivity index (χ2v) is 2.79. The molecule has 0 saturated heterocycles. The molecular formula is C6H11ClO5. The molecule has 0 fully saturated rings. The summed E-state index contributed by atoms with van der Waals surface area (Å²) >= 11 is 4.91. The van der Waals surface area contributed by atoms with Gasteiger partial charge in [-0.3, -0.25) is 4.79 Å². The van der Waals surface area contributed by atoms with Gasteiger partial charge in [-0.1, -0.05) is 0 Å². The number of carbonyl (C=O) groups is 1. The first-order valence-corrected chi connectivity index (χ1v) is 3.70. The summed E-state index contributed by atoms with van der Waals surface area (Å²) < 4.78 is 0. The first-order chi connectivity index (χ1) is 5.49. The predicted octanol–water partition coefficient (Wildman–Crippen LogP) is -1.78. The molecular weight excluding hydrogens is 188 g/mol. The van der Waals surface area contributed by atoms with Crippen LogP contribution in [0.3, 0.4) is 0 Å². The molecule has 0 heterocycles. The molecule has 0 aliphatic carbocycles. The van der Waals surface area contributed by atoms with E-state index in [1.165, 1.54) is 0 Å². The van der Waals surface area contributed by atoms with Crippen LogP contribution >= 0.6 is 11.6 Å². The first-order valence-electron chi connectivity index (χ1n) is 3.32. The van der Waals surface area contributed by atoms with Gasteiger partial charge >= 0.3 is 0 Å². The highest BCUT2D eigenvalue weighted by Crippen LogP contribution is 2.05. The van der Waals surface area contributed by atoms with Crippen molar-refractivity contribution < 1.29 is 25.2 Å². The summed E-state index contributed by atoms with van der Waals surface area (Å²) in [6.45, 7) is -0.686. The summed E-state index contributed by atoms with van der Waals surface area (Å²) in [7, 11) is 0. The van der Waals surface area contributed by atoms with Crippen LogP contribution in [0.4, 0.5) is 0 Å². The zero-order chi connectivity index (χ0) is 9.72. The Morgan fingerprint density at radius 3 is 2.08 bits per heavy atom. The summed E-state index contributed by atoms with van der Waals surface area (Å²) in [4.78, 5) is 10.2. The van der Waals surface area contributed by atoms with Crippen molar-refractivity contribution in [2.24, 2.45) is 0 Å². The van der Waals surface area contributed by atoms with E-state index in [2.05, 4.69) is 0 Å². The predicted molar refractivity (Wildman–Crippen MR) is 40.6 cm³/mol. The molecule has 0 rings (SSSR count). The van der Waals surface area contributed by atoms with Crippen LogP contribution in [0.2, 0.25) is 0 Å². The number of halogens is 1. The summed E-state index contributed by atoms with van der Waals surface area (Å²) in [5, 5.41) is 34.3. The molecule has 0 spiro atoms. The highest BCUT2D eigenvalue weighted by atomic mass is 35.5. The molecule has 72 valence electrons. The molecule has 12 heavy (non-hydrogen) atoms. The van der Waals surface area contributed by atoms with Gasteiger partial charge in [-0.2, -0.15) is 0 Å². The van der Waals surface area contributed by atoms with E-state index in [1.807, 2.05) is 0 Å². The molecule has 0 unspecified atom stereocenters. The Bertz CT molecular complexity index is 151. The highest BCUT2D eigenvalue weighted by Gasteiger charge is 2.25. The summed E-state index contributed by atoms with van der Waals surface area (Å²) in [6.07, 6.45) is -4.93. The van der Waals surface area contributed by atoms with Crippen LogP contribution in [0.15, 0.2) is 0 Å². The van der Waals surface area contributed by atoms with Gasteiger partial charge in [-0.15, -0.1) is 0 Å². The lowest BCUT2D eigenvalue weighted by Gasteiger charge is -2.19. The molecule has 0 aliphatic heterocycles. The normalized spacial score (nSPS) is 18.4. The van der Waals surface area contributed by atoms with E-state index in [-0.39, 0.29) is 0 Å². The molecule has 3 atom stereocenters. The fourth-order valence-corrected chi connectivity index (χ4v) is 0.808. The van der Waals surface area contributed by atoms with Crippen molar-refractivity contribution in [3.05, 3.63) is 0 Å². The second-order valence-electron chi connectivity index (χ2n) is 2.37. The van der Waals surface area contributed by atoms with Gasteiger partial charge < -0.3 is 20.4 Å². The number of aliphatic hydroxyl groups is 4. The van der Waals surface area contributed by atoms with E-state index in [0.29, 0.717) is 0 Å². The Labute approximate surface area is 74.2 Å². The van der Waals surface area contributed by atoms with Crippen LogP contribution in [0.25, 0.3) is 0 Å². The van der Waals surface area contributed by atoms with Crippen molar-refractivity contribution in [1.82, 2.24) is 0 Å². The SMILES string of the molecule is O=C(Cl)C[C@@H](O)[C@@H](O)[C@H](O)CO. The second kappa shape index (κ2) is 5.45. The van der Waals surface area contributed by atoms with E-state index in [1.54, 1.807) is 0 Å². The Morgan fingerprint density at radius 2 is 1.75 bits per heavy atom. The Kier molecular flexibility index (Phi) is 5.36. The maximum absolute atomic E-state index is 10.2. The van der Waals surface area contributed by atoms with Gasteiger partial charge in [0.05, 0.1) is 19.1 Å². The van der Waals surface area contributed by atoms with Crippen molar-refractivity contribution in [1.29, 1.82) is 0 Å². The van der Waals surface area contributed by atoms with Gasteiger partial charge in [0.2, 0.25) is 5.24 Å². The van der Waals surface area contributed by atoms with Gasteiger partial charge in [-0.05, 0) is 11.6 Å². The molecule has 5 nitrogen and oxygen atoms in total. The summed E-state index contributed by atoms with van der Waals surface area (Å²) in [5.74, 6) is 0. The number of carbonyl (C=O) groups excluding carboxylic acids is 1. The monoisotopic (exact) mass is 198 g/mol. The standard InChI is InChI=1S/C6H11ClO5/c7-5(11)1-3(9)6(12)4(10)2-8/h3-4,6,8-10,12H,1-2H2/t3-,4-,6-/m1/s1. The minimum Gasteiger partial charge on any atom is -0.394 e. The third-order valence-electron chi connectivity index (χ3n) is 1.35. The minimum absolute atomic E-state index is 0.459. The van der Waals surface area contributed by atoms with E-state index >= 15 is 0 Å². The lowest BCUT2D eigenvalue weighted by atomic mass is 10.1. The van der Waals surface area contributed by atoms with Gasteiger partial charge in [0.25, 0.3) is 0 Å². The average molecular weight is 199 g/mol. The maximum Gasteiger partial charge on any atom is 0.224 e. The molecule has 0 aromatic carbocycles. The molecule has 0 aromatic rings. The topological polar surface area (TPSA) is 98.0 Å². The van der Waals surface area contributed by atoms with E-state index in [9.17, 15) is 4.79 Å². The fourth-order valence-electron chi connectivity index (χ4n) is 0.650. The minimum atomic E-state index is -1.56. The van der Waals surface area contributed by atoms with Crippen LogP contribution in [-0.2, 0) is 4.79 Å². The molecule has 0 amide bonds. The molecule has 0 radical (unpaired) electrons. The van der Waals surface area contributed by atoms with Crippen LogP contribution in [0.5, 0.6) is 0 Å². The van der Waals surface area contributed by atoms with Crippen molar-refractivity contribution in [3.8, 4) is 0 Å².